The summed E-state index contributed by atoms with van der Waals surface area (Å²) in [7, 11) is -3.60. The second-order valence-corrected chi connectivity index (χ2v) is 6.37. The number of nitrogens with one attached hydrogen (secondary N) is 1. The van der Waals surface area contributed by atoms with E-state index in [1.807, 2.05) is 6.07 Å². The lowest BCUT2D eigenvalue weighted by molar-refractivity contribution is 0.448. The van der Waals surface area contributed by atoms with Crippen LogP contribution >= 0.6 is 0 Å². The zero-order valence-corrected chi connectivity index (χ0v) is 12.1. The number of aromatic nitrogens is 2. The predicted molar refractivity (Wildman–Crippen MR) is 79.2 cm³/mol. The van der Waals surface area contributed by atoms with E-state index in [1.54, 1.807) is 43.3 Å². The Morgan fingerprint density at radius 2 is 1.95 bits per heavy atom. The number of anilines is 1. The minimum Gasteiger partial charge on any atom is -0.356 e. The van der Waals surface area contributed by atoms with Gasteiger partial charge in [0.15, 0.2) is 5.58 Å². The van der Waals surface area contributed by atoms with E-state index in [-0.39, 0.29) is 5.75 Å². The topological polar surface area (TPSA) is 85.1 Å². The van der Waals surface area contributed by atoms with Gasteiger partial charge >= 0.3 is 0 Å². The number of nitrogens with zero attached hydrogens (tertiary/aromatic N) is 2. The maximum absolute atomic E-state index is 12.2. The first-order chi connectivity index (χ1) is 10.0. The smallest absolute Gasteiger partial charge is 0.239 e. The van der Waals surface area contributed by atoms with Crippen LogP contribution in [0.25, 0.3) is 11.0 Å². The summed E-state index contributed by atoms with van der Waals surface area (Å²) in [6.45, 7) is 1.79. The minimum absolute atomic E-state index is 0.264. The van der Waals surface area contributed by atoms with Crippen molar-refractivity contribution < 1.29 is 12.9 Å². The van der Waals surface area contributed by atoms with E-state index in [1.165, 1.54) is 0 Å². The molecule has 0 atom stereocenters. The number of sulfonamides is 1. The van der Waals surface area contributed by atoms with Crippen molar-refractivity contribution in [1.29, 1.82) is 0 Å². The van der Waals surface area contributed by atoms with Gasteiger partial charge in [-0.05, 0) is 31.2 Å². The maximum Gasteiger partial charge on any atom is 0.239 e. The summed E-state index contributed by atoms with van der Waals surface area (Å²) in [4.78, 5) is 4.12. The van der Waals surface area contributed by atoms with Gasteiger partial charge in [0, 0.05) is 11.1 Å². The van der Waals surface area contributed by atoms with Crippen molar-refractivity contribution in [2.24, 2.45) is 0 Å². The van der Waals surface area contributed by atoms with Gasteiger partial charge in [-0.3, -0.25) is 4.72 Å². The largest absolute Gasteiger partial charge is 0.356 e. The van der Waals surface area contributed by atoms with Crippen LogP contribution in [0.4, 0.5) is 5.82 Å². The molecule has 2 aromatic heterocycles. The average Bonchev–Trinajstić information content (AvgIpc) is 2.81. The molecule has 1 aromatic carbocycles. The van der Waals surface area contributed by atoms with Crippen LogP contribution in [-0.4, -0.2) is 18.6 Å². The highest BCUT2D eigenvalue weighted by atomic mass is 32.2. The number of fused-ring (bicyclic) bond motifs is 1. The number of para-hydroxylation sites is 1. The molecule has 3 aromatic rings. The summed E-state index contributed by atoms with van der Waals surface area (Å²) in [6, 6.07) is 12.3. The summed E-state index contributed by atoms with van der Waals surface area (Å²) in [5.74, 6) is 0.0300. The van der Waals surface area contributed by atoms with E-state index < -0.39 is 10.0 Å². The van der Waals surface area contributed by atoms with Crippen molar-refractivity contribution in [2.45, 2.75) is 12.7 Å². The number of benzene rings is 1. The third-order valence-corrected chi connectivity index (χ3v) is 4.10. The second kappa shape index (κ2) is 5.17. The van der Waals surface area contributed by atoms with Gasteiger partial charge in [-0.2, -0.15) is 0 Å². The number of rotatable bonds is 4. The van der Waals surface area contributed by atoms with Gasteiger partial charge in [0.2, 0.25) is 10.0 Å². The van der Waals surface area contributed by atoms with Gasteiger partial charge in [-0.25, -0.2) is 13.4 Å². The molecule has 0 fully saturated rings. The first kappa shape index (κ1) is 13.6. The maximum atomic E-state index is 12.2. The van der Waals surface area contributed by atoms with E-state index in [2.05, 4.69) is 14.9 Å². The number of hydrogen-bond donors (Lipinski definition) is 1. The Bertz CT molecular complexity index is 887. The first-order valence-electron chi connectivity index (χ1n) is 6.31. The Morgan fingerprint density at radius 1 is 1.14 bits per heavy atom. The van der Waals surface area contributed by atoms with Gasteiger partial charge in [-0.15, -0.1) is 0 Å². The Morgan fingerprint density at radius 3 is 2.76 bits per heavy atom. The molecule has 0 aliphatic carbocycles. The van der Waals surface area contributed by atoms with Gasteiger partial charge in [-0.1, -0.05) is 23.4 Å². The molecule has 0 aliphatic heterocycles. The normalized spacial score (nSPS) is 11.7. The molecule has 2 heterocycles. The molecule has 0 saturated carbocycles. The van der Waals surface area contributed by atoms with Crippen LogP contribution in [0.5, 0.6) is 0 Å². The molecule has 108 valence electrons. The highest BCUT2D eigenvalue weighted by Crippen LogP contribution is 2.20. The Hall–Kier alpha value is -2.41. The van der Waals surface area contributed by atoms with Crippen LogP contribution in [0.15, 0.2) is 47.0 Å². The van der Waals surface area contributed by atoms with E-state index in [9.17, 15) is 8.42 Å². The Labute approximate surface area is 121 Å². The SMILES string of the molecule is Cc1cccc(NS(=O)(=O)Cc2noc3ccccc23)n1. The average molecular weight is 303 g/mol. The van der Waals surface area contributed by atoms with Gasteiger partial charge in [0.1, 0.15) is 17.3 Å². The van der Waals surface area contributed by atoms with Gasteiger partial charge < -0.3 is 4.52 Å². The lowest BCUT2D eigenvalue weighted by Gasteiger charge is -2.06. The Kier molecular flexibility index (Phi) is 3.34. The van der Waals surface area contributed by atoms with Crippen molar-refractivity contribution in [3.63, 3.8) is 0 Å². The minimum atomic E-state index is -3.60. The number of hydrogen-bond acceptors (Lipinski definition) is 5. The van der Waals surface area contributed by atoms with Crippen molar-refractivity contribution in [1.82, 2.24) is 10.1 Å². The number of aryl methyl sites for hydroxylation is 1. The van der Waals surface area contributed by atoms with Crippen molar-refractivity contribution in [2.75, 3.05) is 4.72 Å². The summed E-state index contributed by atoms with van der Waals surface area (Å²) in [6.07, 6.45) is 0. The van der Waals surface area contributed by atoms with Gasteiger partial charge in [0.25, 0.3) is 0 Å². The zero-order valence-electron chi connectivity index (χ0n) is 11.3. The molecule has 3 rings (SSSR count). The van der Waals surface area contributed by atoms with Crippen molar-refractivity contribution in [3.05, 3.63) is 53.9 Å². The molecule has 21 heavy (non-hydrogen) atoms. The van der Waals surface area contributed by atoms with Crippen LogP contribution < -0.4 is 4.72 Å². The highest BCUT2D eigenvalue weighted by Gasteiger charge is 2.17. The third-order valence-electron chi connectivity index (χ3n) is 2.93. The molecule has 0 radical (unpaired) electrons. The van der Waals surface area contributed by atoms with Crippen LogP contribution in [0.1, 0.15) is 11.4 Å². The zero-order chi connectivity index (χ0) is 14.9. The summed E-state index contributed by atoms with van der Waals surface area (Å²) in [5.41, 5.74) is 1.68. The quantitative estimate of drug-likeness (QED) is 0.800. The standard InChI is InChI=1S/C14H13N3O3S/c1-10-5-4-8-14(15-10)17-21(18,19)9-12-11-6-2-3-7-13(11)20-16-12/h2-8H,9H2,1H3,(H,15,17). The number of pyridine rings is 1. The molecule has 0 amide bonds. The van der Waals surface area contributed by atoms with E-state index in [0.717, 1.165) is 5.69 Å². The van der Waals surface area contributed by atoms with Crippen molar-refractivity contribution >= 4 is 26.8 Å². The molecule has 1 N–H and O–H groups in total. The first-order valence-corrected chi connectivity index (χ1v) is 7.96. The lowest BCUT2D eigenvalue weighted by atomic mass is 10.2. The highest BCUT2D eigenvalue weighted by molar-refractivity contribution is 7.91. The van der Waals surface area contributed by atoms with Crippen molar-refractivity contribution in [3.8, 4) is 0 Å². The Balaban J connectivity index is 1.86. The monoisotopic (exact) mass is 303 g/mol. The second-order valence-electron chi connectivity index (χ2n) is 4.65. The van der Waals surface area contributed by atoms with E-state index in [0.29, 0.717) is 22.5 Å². The molecular formula is C14H13N3O3S. The fourth-order valence-electron chi connectivity index (χ4n) is 2.02. The van der Waals surface area contributed by atoms with Gasteiger partial charge in [0.05, 0.1) is 0 Å². The van der Waals surface area contributed by atoms with E-state index in [4.69, 9.17) is 4.52 Å². The molecule has 0 unspecified atom stereocenters. The predicted octanol–water partition coefficient (Wildman–Crippen LogP) is 2.47. The molecule has 0 aliphatic rings. The molecule has 0 bridgehead atoms. The molecule has 7 heteroatoms. The molecule has 0 spiro atoms. The summed E-state index contributed by atoms with van der Waals surface area (Å²) in [5, 5.41) is 4.52. The van der Waals surface area contributed by atoms with E-state index >= 15 is 0 Å². The molecule has 0 saturated heterocycles. The molecular weight excluding hydrogens is 290 g/mol. The summed E-state index contributed by atoms with van der Waals surface area (Å²) < 4.78 is 31.9. The van der Waals surface area contributed by atoms with Crippen LogP contribution in [-0.2, 0) is 15.8 Å². The fraction of sp³-hybridized carbons (Fsp3) is 0.143. The summed E-state index contributed by atoms with van der Waals surface area (Å²) >= 11 is 0. The fourth-order valence-corrected chi connectivity index (χ4v) is 3.09. The third kappa shape index (κ3) is 3.03. The molecule has 6 nitrogen and oxygen atoms in total. The van der Waals surface area contributed by atoms with Crippen LogP contribution in [0.3, 0.4) is 0 Å². The van der Waals surface area contributed by atoms with Crippen LogP contribution in [0.2, 0.25) is 0 Å². The van der Waals surface area contributed by atoms with Crippen LogP contribution in [0, 0.1) is 6.92 Å². The lowest BCUT2D eigenvalue weighted by Crippen LogP contribution is -2.16.